The molecule has 1 atom stereocenters. The minimum atomic E-state index is -0.499. The van der Waals surface area contributed by atoms with E-state index < -0.39 is 6.10 Å². The summed E-state index contributed by atoms with van der Waals surface area (Å²) in [6.07, 6.45) is -0.367. The maximum Gasteiger partial charge on any atom is 0.191 e. The average molecular weight is 274 g/mol. The molecule has 0 aliphatic heterocycles. The molecule has 0 aliphatic rings. The van der Waals surface area contributed by atoms with Gasteiger partial charge in [-0.2, -0.15) is 0 Å². The monoisotopic (exact) mass is 274 g/mol. The van der Waals surface area contributed by atoms with E-state index in [9.17, 15) is 5.11 Å². The fourth-order valence-electron chi connectivity index (χ4n) is 1.38. The van der Waals surface area contributed by atoms with Crippen molar-refractivity contribution in [2.75, 3.05) is 18.9 Å². The van der Waals surface area contributed by atoms with Crippen LogP contribution in [0.1, 0.15) is 19.7 Å². The van der Waals surface area contributed by atoms with Crippen molar-refractivity contribution in [1.82, 2.24) is 14.8 Å². The van der Waals surface area contributed by atoms with E-state index in [-0.39, 0.29) is 6.10 Å². The van der Waals surface area contributed by atoms with Crippen molar-refractivity contribution in [3.8, 4) is 0 Å². The van der Waals surface area contributed by atoms with Crippen molar-refractivity contribution in [2.24, 2.45) is 5.73 Å². The molecule has 0 radical (unpaired) electrons. The van der Waals surface area contributed by atoms with Crippen LogP contribution in [0.3, 0.4) is 0 Å². The van der Waals surface area contributed by atoms with Gasteiger partial charge in [-0.05, 0) is 20.8 Å². The van der Waals surface area contributed by atoms with Crippen LogP contribution in [0, 0.1) is 6.92 Å². The highest BCUT2D eigenvalue weighted by Gasteiger charge is 2.12. The third kappa shape index (κ3) is 4.93. The smallest absolute Gasteiger partial charge is 0.191 e. The fraction of sp³-hybridized carbons (Fsp3) is 0.818. The number of aryl methyl sites for hydroxylation is 1. The normalized spacial score (nSPS) is 13.2. The van der Waals surface area contributed by atoms with Crippen LogP contribution in [0.5, 0.6) is 0 Å². The molecule has 1 rings (SSSR count). The van der Waals surface area contributed by atoms with Crippen LogP contribution < -0.4 is 5.73 Å². The minimum Gasteiger partial charge on any atom is -0.390 e. The van der Waals surface area contributed by atoms with Gasteiger partial charge in [-0.25, -0.2) is 0 Å². The Hall–Kier alpha value is -0.630. The van der Waals surface area contributed by atoms with Crippen LogP contribution in [0.2, 0.25) is 0 Å². The van der Waals surface area contributed by atoms with Crippen LogP contribution in [-0.2, 0) is 11.3 Å². The van der Waals surface area contributed by atoms with E-state index in [1.54, 1.807) is 0 Å². The van der Waals surface area contributed by atoms with Crippen LogP contribution in [-0.4, -0.2) is 51.0 Å². The van der Waals surface area contributed by atoms with E-state index in [1.807, 2.05) is 25.3 Å². The molecule has 0 bridgehead atoms. The second kappa shape index (κ2) is 7.73. The first-order chi connectivity index (χ1) is 8.54. The molecule has 104 valence electrons. The highest BCUT2D eigenvalue weighted by molar-refractivity contribution is 7.99. The summed E-state index contributed by atoms with van der Waals surface area (Å²) >= 11 is 1.47. The molecule has 1 heterocycles. The highest BCUT2D eigenvalue weighted by atomic mass is 32.2. The quantitative estimate of drug-likeness (QED) is 0.668. The third-order valence-corrected chi connectivity index (χ3v) is 3.39. The molecule has 1 unspecified atom stereocenters. The second-order valence-corrected chi connectivity index (χ2v) is 5.30. The predicted molar refractivity (Wildman–Crippen MR) is 71.6 cm³/mol. The van der Waals surface area contributed by atoms with Gasteiger partial charge in [0.1, 0.15) is 5.82 Å². The summed E-state index contributed by atoms with van der Waals surface area (Å²) in [7, 11) is 0. The van der Waals surface area contributed by atoms with Crippen LogP contribution in [0.15, 0.2) is 5.16 Å². The Balaban J connectivity index is 2.43. The zero-order chi connectivity index (χ0) is 13.5. The lowest BCUT2D eigenvalue weighted by Crippen LogP contribution is -2.21. The predicted octanol–water partition coefficient (Wildman–Crippen LogP) is 0.423. The lowest BCUT2D eigenvalue weighted by atomic mass is 10.4. The van der Waals surface area contributed by atoms with Gasteiger partial charge in [-0.1, -0.05) is 11.8 Å². The number of nitrogens with two attached hydrogens (primary N) is 1. The Labute approximate surface area is 112 Å². The Morgan fingerprint density at radius 3 is 2.78 bits per heavy atom. The van der Waals surface area contributed by atoms with E-state index in [0.29, 0.717) is 25.4 Å². The van der Waals surface area contributed by atoms with Gasteiger partial charge in [0.25, 0.3) is 0 Å². The molecule has 6 nitrogen and oxygen atoms in total. The molecule has 1 aromatic rings. The van der Waals surface area contributed by atoms with Crippen molar-refractivity contribution >= 4 is 11.8 Å². The highest BCUT2D eigenvalue weighted by Crippen LogP contribution is 2.17. The van der Waals surface area contributed by atoms with E-state index in [2.05, 4.69) is 10.2 Å². The molecule has 0 saturated heterocycles. The summed E-state index contributed by atoms with van der Waals surface area (Å²) in [6.45, 7) is 7.37. The number of aliphatic hydroxyl groups excluding tert-OH is 1. The summed E-state index contributed by atoms with van der Waals surface area (Å²) in [5.41, 5.74) is 5.54. The zero-order valence-corrected chi connectivity index (χ0v) is 12.0. The van der Waals surface area contributed by atoms with Gasteiger partial charge >= 0.3 is 0 Å². The van der Waals surface area contributed by atoms with Gasteiger partial charge in [0.2, 0.25) is 0 Å². The molecule has 0 aromatic carbocycles. The molecule has 0 amide bonds. The summed E-state index contributed by atoms with van der Waals surface area (Å²) in [6, 6.07) is 0. The molecule has 18 heavy (non-hydrogen) atoms. The van der Waals surface area contributed by atoms with Crippen LogP contribution >= 0.6 is 11.8 Å². The van der Waals surface area contributed by atoms with Gasteiger partial charge in [0.05, 0.1) is 18.8 Å². The van der Waals surface area contributed by atoms with Gasteiger partial charge < -0.3 is 20.1 Å². The van der Waals surface area contributed by atoms with Crippen molar-refractivity contribution in [3.05, 3.63) is 5.82 Å². The number of hydrogen-bond donors (Lipinski definition) is 2. The SMILES string of the molecule is Cc1nnc(SCC(O)COC(C)C)n1CCN. The summed E-state index contributed by atoms with van der Waals surface area (Å²) in [5, 5.41) is 18.6. The number of thioether (sulfide) groups is 1. The standard InChI is InChI=1S/C11H22N4O2S/c1-8(2)17-6-10(16)7-18-11-14-13-9(3)15(11)5-4-12/h8,10,16H,4-7,12H2,1-3H3. The molecular weight excluding hydrogens is 252 g/mol. The zero-order valence-electron chi connectivity index (χ0n) is 11.2. The van der Waals surface area contributed by atoms with Crippen LogP contribution in [0.25, 0.3) is 0 Å². The van der Waals surface area contributed by atoms with Gasteiger partial charge in [0.15, 0.2) is 5.16 Å². The number of aromatic nitrogens is 3. The Morgan fingerprint density at radius 2 is 2.17 bits per heavy atom. The van der Waals surface area contributed by atoms with Gasteiger partial charge in [-0.3, -0.25) is 0 Å². The minimum absolute atomic E-state index is 0.132. The van der Waals surface area contributed by atoms with E-state index in [1.165, 1.54) is 11.8 Å². The second-order valence-electron chi connectivity index (χ2n) is 4.32. The number of ether oxygens (including phenoxy) is 1. The molecule has 3 N–H and O–H groups in total. The Bertz CT molecular complexity index is 357. The average Bonchev–Trinajstić information content (AvgIpc) is 2.66. The van der Waals surface area contributed by atoms with Crippen molar-refractivity contribution in [2.45, 2.75) is 44.7 Å². The van der Waals surface area contributed by atoms with Gasteiger partial charge in [-0.15, -0.1) is 10.2 Å². The number of nitrogens with zero attached hydrogens (tertiary/aromatic N) is 3. The number of rotatable bonds is 8. The fourth-order valence-corrected chi connectivity index (χ4v) is 2.29. The Kier molecular flexibility index (Phi) is 6.62. The lowest BCUT2D eigenvalue weighted by molar-refractivity contribution is 0.0152. The van der Waals surface area contributed by atoms with E-state index in [4.69, 9.17) is 10.5 Å². The van der Waals surface area contributed by atoms with Crippen LogP contribution in [0.4, 0.5) is 0 Å². The number of hydrogen-bond acceptors (Lipinski definition) is 6. The summed E-state index contributed by atoms with van der Waals surface area (Å²) in [4.78, 5) is 0. The first-order valence-electron chi connectivity index (χ1n) is 6.07. The van der Waals surface area contributed by atoms with E-state index in [0.717, 1.165) is 11.0 Å². The van der Waals surface area contributed by atoms with Crippen molar-refractivity contribution in [1.29, 1.82) is 0 Å². The van der Waals surface area contributed by atoms with Gasteiger partial charge in [0, 0.05) is 18.8 Å². The molecule has 0 saturated carbocycles. The van der Waals surface area contributed by atoms with E-state index >= 15 is 0 Å². The molecule has 0 aliphatic carbocycles. The van der Waals surface area contributed by atoms with Crippen molar-refractivity contribution < 1.29 is 9.84 Å². The molecule has 7 heteroatoms. The first kappa shape index (κ1) is 15.4. The maximum atomic E-state index is 9.76. The largest absolute Gasteiger partial charge is 0.390 e. The summed E-state index contributed by atoms with van der Waals surface area (Å²) < 4.78 is 7.31. The molecule has 1 aromatic heterocycles. The summed E-state index contributed by atoms with van der Waals surface area (Å²) in [5.74, 6) is 1.38. The topological polar surface area (TPSA) is 86.2 Å². The maximum absolute atomic E-state index is 9.76. The third-order valence-electron chi connectivity index (χ3n) is 2.28. The molecular formula is C11H22N4O2S. The molecule has 0 spiro atoms. The van der Waals surface area contributed by atoms with Crippen molar-refractivity contribution in [3.63, 3.8) is 0 Å². The first-order valence-corrected chi connectivity index (χ1v) is 7.05. The molecule has 0 fully saturated rings. The Morgan fingerprint density at radius 1 is 1.44 bits per heavy atom. The number of aliphatic hydroxyl groups is 1. The lowest BCUT2D eigenvalue weighted by Gasteiger charge is -2.13.